The molecule has 1 rings (SSSR count). The van der Waals surface area contributed by atoms with E-state index >= 15 is 0 Å². The lowest BCUT2D eigenvalue weighted by Crippen LogP contribution is -2.24. The van der Waals surface area contributed by atoms with Crippen molar-refractivity contribution in [2.75, 3.05) is 13.6 Å². The second kappa shape index (κ2) is 4.63. The molecule has 0 aromatic carbocycles. The number of aryl methyl sites for hydroxylation is 1. The smallest absolute Gasteiger partial charge is 0.0764 e. The number of nitrogens with zero attached hydrogens (tertiary/aromatic N) is 3. The molecule has 0 amide bonds. The van der Waals surface area contributed by atoms with Crippen LogP contribution in [-0.4, -0.2) is 33.6 Å². The van der Waals surface area contributed by atoms with Crippen molar-refractivity contribution < 1.29 is 0 Å². The predicted octanol–water partition coefficient (Wildman–Crippen LogP) is 1.48. The summed E-state index contributed by atoms with van der Waals surface area (Å²) in [4.78, 5) is 2.17. The molecule has 4 heteroatoms. The quantitative estimate of drug-likeness (QED) is 0.689. The van der Waals surface area contributed by atoms with Crippen molar-refractivity contribution in [3.8, 4) is 0 Å². The van der Waals surface area contributed by atoms with Gasteiger partial charge in [0.25, 0.3) is 0 Å². The van der Waals surface area contributed by atoms with Crippen LogP contribution in [0.3, 0.4) is 0 Å². The summed E-state index contributed by atoms with van der Waals surface area (Å²) in [6, 6.07) is 2.02. The van der Waals surface area contributed by atoms with Crippen LogP contribution >= 0.6 is 11.6 Å². The molecule has 0 saturated carbocycles. The Morgan fingerprint density at radius 3 is 2.85 bits per heavy atom. The van der Waals surface area contributed by atoms with Crippen molar-refractivity contribution >= 4 is 11.6 Å². The maximum atomic E-state index is 5.88. The number of aromatic nitrogens is 2. The third-order valence-electron chi connectivity index (χ3n) is 1.76. The standard InChI is InChI=1S/C9H16ClN3/c1-8(10)6-12(2)7-9-4-5-13(3)11-9/h4-5,8H,6-7H2,1-3H3. The summed E-state index contributed by atoms with van der Waals surface area (Å²) < 4.78 is 1.81. The van der Waals surface area contributed by atoms with E-state index in [9.17, 15) is 0 Å². The summed E-state index contributed by atoms with van der Waals surface area (Å²) in [5.74, 6) is 0. The van der Waals surface area contributed by atoms with Crippen LogP contribution in [0.15, 0.2) is 12.3 Å². The molecule has 1 heterocycles. The van der Waals surface area contributed by atoms with E-state index in [1.165, 1.54) is 0 Å². The molecular formula is C9H16ClN3. The van der Waals surface area contributed by atoms with Crippen molar-refractivity contribution in [3.05, 3.63) is 18.0 Å². The fourth-order valence-electron chi connectivity index (χ4n) is 1.32. The monoisotopic (exact) mass is 201 g/mol. The van der Waals surface area contributed by atoms with E-state index in [2.05, 4.69) is 10.00 Å². The average Bonchev–Trinajstić information content (AvgIpc) is 2.33. The minimum Gasteiger partial charge on any atom is -0.299 e. The molecule has 0 radical (unpaired) electrons. The fourth-order valence-corrected chi connectivity index (χ4v) is 1.55. The van der Waals surface area contributed by atoms with Gasteiger partial charge in [-0.25, -0.2) is 0 Å². The van der Waals surface area contributed by atoms with E-state index < -0.39 is 0 Å². The molecular weight excluding hydrogens is 186 g/mol. The lowest BCUT2D eigenvalue weighted by Gasteiger charge is -2.16. The first-order valence-corrected chi connectivity index (χ1v) is 4.82. The fraction of sp³-hybridized carbons (Fsp3) is 0.667. The van der Waals surface area contributed by atoms with Gasteiger partial charge in [-0.15, -0.1) is 11.6 Å². The first-order chi connectivity index (χ1) is 6.08. The SMILES string of the molecule is CC(Cl)CN(C)Cc1ccn(C)n1. The molecule has 0 aliphatic heterocycles. The summed E-state index contributed by atoms with van der Waals surface area (Å²) in [5, 5.41) is 4.48. The minimum atomic E-state index is 0.189. The van der Waals surface area contributed by atoms with Crippen LogP contribution < -0.4 is 0 Å². The number of rotatable bonds is 4. The third-order valence-corrected chi connectivity index (χ3v) is 1.90. The highest BCUT2D eigenvalue weighted by atomic mass is 35.5. The molecule has 0 spiro atoms. The largest absolute Gasteiger partial charge is 0.299 e. The van der Waals surface area contributed by atoms with Gasteiger partial charge in [0, 0.05) is 31.7 Å². The van der Waals surface area contributed by atoms with Crippen LogP contribution in [0.4, 0.5) is 0 Å². The van der Waals surface area contributed by atoms with Crippen molar-refractivity contribution in [1.82, 2.24) is 14.7 Å². The number of hydrogen-bond donors (Lipinski definition) is 0. The Balaban J connectivity index is 2.40. The Bertz CT molecular complexity index is 257. The van der Waals surface area contributed by atoms with E-state index in [1.807, 2.05) is 38.0 Å². The lowest BCUT2D eigenvalue weighted by molar-refractivity contribution is 0.325. The van der Waals surface area contributed by atoms with E-state index in [4.69, 9.17) is 11.6 Å². The molecule has 1 aromatic heterocycles. The summed E-state index contributed by atoms with van der Waals surface area (Å²) in [6.07, 6.45) is 1.95. The van der Waals surface area contributed by atoms with Crippen LogP contribution in [0.5, 0.6) is 0 Å². The van der Waals surface area contributed by atoms with Gasteiger partial charge in [0.15, 0.2) is 0 Å². The molecule has 1 unspecified atom stereocenters. The highest BCUT2D eigenvalue weighted by Crippen LogP contribution is 2.02. The summed E-state index contributed by atoms with van der Waals surface area (Å²) >= 11 is 5.88. The summed E-state index contributed by atoms with van der Waals surface area (Å²) in [5.41, 5.74) is 1.09. The van der Waals surface area contributed by atoms with Crippen LogP contribution in [0.1, 0.15) is 12.6 Å². The molecule has 74 valence electrons. The van der Waals surface area contributed by atoms with Crippen LogP contribution in [0, 0.1) is 0 Å². The van der Waals surface area contributed by atoms with Crippen molar-refractivity contribution in [3.63, 3.8) is 0 Å². The molecule has 0 N–H and O–H groups in total. The van der Waals surface area contributed by atoms with E-state index in [0.717, 1.165) is 18.8 Å². The van der Waals surface area contributed by atoms with Gasteiger partial charge in [0.2, 0.25) is 0 Å². The molecule has 1 atom stereocenters. The van der Waals surface area contributed by atoms with Gasteiger partial charge < -0.3 is 0 Å². The normalized spacial score (nSPS) is 13.6. The second-order valence-electron chi connectivity index (χ2n) is 3.46. The molecule has 0 fully saturated rings. The van der Waals surface area contributed by atoms with Gasteiger partial charge in [-0.3, -0.25) is 9.58 Å². The lowest BCUT2D eigenvalue weighted by atomic mass is 10.3. The minimum absolute atomic E-state index is 0.189. The zero-order valence-electron chi connectivity index (χ0n) is 8.37. The average molecular weight is 202 g/mol. The van der Waals surface area contributed by atoms with Crippen LogP contribution in [0.2, 0.25) is 0 Å². The number of alkyl halides is 1. The van der Waals surface area contributed by atoms with E-state index in [0.29, 0.717) is 0 Å². The highest BCUT2D eigenvalue weighted by Gasteiger charge is 2.05. The molecule has 3 nitrogen and oxygen atoms in total. The zero-order chi connectivity index (χ0) is 9.84. The summed E-state index contributed by atoms with van der Waals surface area (Å²) in [6.45, 7) is 3.74. The first-order valence-electron chi connectivity index (χ1n) is 4.39. The van der Waals surface area contributed by atoms with Crippen molar-refractivity contribution in [2.24, 2.45) is 7.05 Å². The molecule has 0 aliphatic carbocycles. The van der Waals surface area contributed by atoms with Crippen LogP contribution in [-0.2, 0) is 13.6 Å². The van der Waals surface area contributed by atoms with E-state index in [1.54, 1.807) is 0 Å². The van der Waals surface area contributed by atoms with Gasteiger partial charge in [0.1, 0.15) is 0 Å². The Labute approximate surface area is 84.3 Å². The topological polar surface area (TPSA) is 21.1 Å². The Kier molecular flexibility index (Phi) is 3.75. The number of hydrogen-bond acceptors (Lipinski definition) is 2. The zero-order valence-corrected chi connectivity index (χ0v) is 9.12. The first kappa shape index (κ1) is 10.5. The highest BCUT2D eigenvalue weighted by molar-refractivity contribution is 6.20. The Morgan fingerprint density at radius 2 is 2.38 bits per heavy atom. The van der Waals surface area contributed by atoms with Gasteiger partial charge in [-0.05, 0) is 20.0 Å². The Hall–Kier alpha value is -0.540. The Morgan fingerprint density at radius 1 is 1.69 bits per heavy atom. The third kappa shape index (κ3) is 3.79. The van der Waals surface area contributed by atoms with Crippen molar-refractivity contribution in [1.29, 1.82) is 0 Å². The second-order valence-corrected chi connectivity index (χ2v) is 4.20. The molecule has 13 heavy (non-hydrogen) atoms. The molecule has 0 saturated heterocycles. The van der Waals surface area contributed by atoms with Crippen LogP contribution in [0.25, 0.3) is 0 Å². The molecule has 0 aliphatic rings. The maximum absolute atomic E-state index is 5.88. The van der Waals surface area contributed by atoms with Crippen molar-refractivity contribution in [2.45, 2.75) is 18.8 Å². The van der Waals surface area contributed by atoms with Gasteiger partial charge in [0.05, 0.1) is 5.69 Å². The number of halogens is 1. The van der Waals surface area contributed by atoms with Gasteiger partial charge >= 0.3 is 0 Å². The molecule has 1 aromatic rings. The maximum Gasteiger partial charge on any atom is 0.0764 e. The summed E-state index contributed by atoms with van der Waals surface area (Å²) in [7, 11) is 3.97. The molecule has 0 bridgehead atoms. The predicted molar refractivity (Wildman–Crippen MR) is 54.9 cm³/mol. The van der Waals surface area contributed by atoms with Gasteiger partial charge in [-0.1, -0.05) is 0 Å². The van der Waals surface area contributed by atoms with Gasteiger partial charge in [-0.2, -0.15) is 5.10 Å². The van der Waals surface area contributed by atoms with E-state index in [-0.39, 0.29) is 5.38 Å².